The van der Waals surface area contributed by atoms with Gasteiger partial charge in [-0.2, -0.15) is 5.26 Å². The van der Waals surface area contributed by atoms with Gasteiger partial charge in [0.1, 0.15) is 11.7 Å². The summed E-state index contributed by atoms with van der Waals surface area (Å²) in [4.78, 5) is 0. The van der Waals surface area contributed by atoms with Gasteiger partial charge in [-0.25, -0.2) is 0 Å². The first-order valence-corrected chi connectivity index (χ1v) is 5.37. The van der Waals surface area contributed by atoms with E-state index in [0.29, 0.717) is 5.76 Å². The van der Waals surface area contributed by atoms with Gasteiger partial charge in [-0.3, -0.25) is 0 Å². The second kappa shape index (κ2) is 3.38. The van der Waals surface area contributed by atoms with Crippen molar-refractivity contribution in [3.8, 4) is 6.07 Å². The third-order valence-electron chi connectivity index (χ3n) is 2.70. The number of furan rings is 1. The summed E-state index contributed by atoms with van der Waals surface area (Å²) < 4.78 is 5.57. The van der Waals surface area contributed by atoms with Crippen LogP contribution >= 0.6 is 0 Å². The molecule has 0 saturated carbocycles. The van der Waals surface area contributed by atoms with Crippen LogP contribution in [0.1, 0.15) is 37.7 Å². The average molecular weight is 213 g/mol. The summed E-state index contributed by atoms with van der Waals surface area (Å²) >= 11 is 0. The van der Waals surface area contributed by atoms with Crippen molar-refractivity contribution in [3.63, 3.8) is 0 Å². The lowest BCUT2D eigenvalue weighted by Gasteiger charge is -2.17. The second-order valence-electron chi connectivity index (χ2n) is 5.17. The minimum Gasteiger partial charge on any atom is -0.445 e. The molecule has 16 heavy (non-hydrogen) atoms. The maximum Gasteiger partial charge on any atom is 0.208 e. The van der Waals surface area contributed by atoms with Crippen LogP contribution in [0.3, 0.4) is 0 Å². The van der Waals surface area contributed by atoms with Gasteiger partial charge >= 0.3 is 0 Å². The molecular formula is C14H15NO. The summed E-state index contributed by atoms with van der Waals surface area (Å²) in [5.41, 5.74) is 2.91. The second-order valence-corrected chi connectivity index (χ2v) is 5.17. The van der Waals surface area contributed by atoms with Gasteiger partial charge in [0.15, 0.2) is 0 Å². The molecule has 0 N–H and O–H groups in total. The molecule has 2 rings (SSSR count). The van der Waals surface area contributed by atoms with Crippen molar-refractivity contribution < 1.29 is 4.42 Å². The molecule has 0 saturated heterocycles. The zero-order valence-electron chi connectivity index (χ0n) is 10.1. The number of benzene rings is 1. The lowest BCUT2D eigenvalue weighted by molar-refractivity contribution is 0.546. The van der Waals surface area contributed by atoms with E-state index < -0.39 is 0 Å². The first-order valence-electron chi connectivity index (χ1n) is 5.37. The first-order chi connectivity index (χ1) is 7.43. The molecule has 0 radical (unpaired) electrons. The Hall–Kier alpha value is -1.75. The van der Waals surface area contributed by atoms with E-state index in [2.05, 4.69) is 32.9 Å². The Morgan fingerprint density at radius 1 is 1.25 bits per heavy atom. The third-order valence-corrected chi connectivity index (χ3v) is 2.70. The first kappa shape index (κ1) is 10.8. The lowest BCUT2D eigenvalue weighted by atomic mass is 9.85. The number of rotatable bonds is 0. The van der Waals surface area contributed by atoms with Gasteiger partial charge in [0.2, 0.25) is 5.76 Å². The SMILES string of the molecule is Cc1ccc2oc(C#N)c(C(C)(C)C)c2c1. The van der Waals surface area contributed by atoms with Crippen LogP contribution in [0.5, 0.6) is 0 Å². The molecule has 1 aromatic heterocycles. The number of hydrogen-bond acceptors (Lipinski definition) is 2. The molecule has 0 aliphatic carbocycles. The maximum absolute atomic E-state index is 9.11. The van der Waals surface area contributed by atoms with Gasteiger partial charge in [-0.05, 0) is 24.5 Å². The number of fused-ring (bicyclic) bond motifs is 1. The van der Waals surface area contributed by atoms with Crippen LogP contribution in [0.15, 0.2) is 22.6 Å². The van der Waals surface area contributed by atoms with Crippen molar-refractivity contribution >= 4 is 11.0 Å². The van der Waals surface area contributed by atoms with Crippen LogP contribution in [0, 0.1) is 18.3 Å². The topological polar surface area (TPSA) is 36.9 Å². The van der Waals surface area contributed by atoms with Gasteiger partial charge in [0.05, 0.1) is 0 Å². The number of nitrogens with zero attached hydrogens (tertiary/aromatic N) is 1. The standard InChI is InChI=1S/C14H15NO/c1-9-5-6-11-10(7-9)13(14(2,3)4)12(8-15)16-11/h5-7H,1-4H3. The van der Waals surface area contributed by atoms with Gasteiger partial charge in [-0.15, -0.1) is 0 Å². The van der Waals surface area contributed by atoms with Gasteiger partial charge in [-0.1, -0.05) is 32.4 Å². The fourth-order valence-corrected chi connectivity index (χ4v) is 2.03. The van der Waals surface area contributed by atoms with Crippen LogP contribution < -0.4 is 0 Å². The van der Waals surface area contributed by atoms with Crippen LogP contribution in [-0.4, -0.2) is 0 Å². The van der Waals surface area contributed by atoms with Gasteiger partial charge in [0, 0.05) is 10.9 Å². The quantitative estimate of drug-likeness (QED) is 0.665. The molecule has 1 aromatic carbocycles. The van der Waals surface area contributed by atoms with E-state index in [0.717, 1.165) is 16.5 Å². The third kappa shape index (κ3) is 1.59. The molecular weight excluding hydrogens is 198 g/mol. The van der Waals surface area contributed by atoms with Crippen molar-refractivity contribution in [2.75, 3.05) is 0 Å². The Balaban J connectivity index is 2.88. The molecule has 82 valence electrons. The number of hydrogen-bond donors (Lipinski definition) is 0. The summed E-state index contributed by atoms with van der Waals surface area (Å²) in [5, 5.41) is 10.2. The highest BCUT2D eigenvalue weighted by molar-refractivity contribution is 5.85. The number of nitriles is 1. The van der Waals surface area contributed by atoms with Crippen molar-refractivity contribution in [1.82, 2.24) is 0 Å². The highest BCUT2D eigenvalue weighted by Crippen LogP contribution is 2.35. The summed E-state index contributed by atoms with van der Waals surface area (Å²) in [6, 6.07) is 8.16. The Labute approximate surface area is 95.5 Å². The zero-order chi connectivity index (χ0) is 11.9. The van der Waals surface area contributed by atoms with Crippen LogP contribution in [0.25, 0.3) is 11.0 Å². The lowest BCUT2D eigenvalue weighted by Crippen LogP contribution is -2.11. The molecule has 2 nitrogen and oxygen atoms in total. The van der Waals surface area contributed by atoms with Crippen molar-refractivity contribution in [2.45, 2.75) is 33.1 Å². The normalized spacial score (nSPS) is 11.7. The highest BCUT2D eigenvalue weighted by Gasteiger charge is 2.25. The minimum atomic E-state index is -0.0793. The summed E-state index contributed by atoms with van der Waals surface area (Å²) in [6.45, 7) is 8.34. The van der Waals surface area contributed by atoms with E-state index in [1.807, 2.05) is 19.1 Å². The molecule has 0 spiro atoms. The van der Waals surface area contributed by atoms with E-state index in [4.69, 9.17) is 9.68 Å². The Morgan fingerprint density at radius 3 is 2.50 bits per heavy atom. The predicted octanol–water partition coefficient (Wildman–Crippen LogP) is 3.91. The van der Waals surface area contributed by atoms with E-state index in [9.17, 15) is 0 Å². The Kier molecular flexibility index (Phi) is 2.27. The maximum atomic E-state index is 9.11. The highest BCUT2D eigenvalue weighted by atomic mass is 16.3. The molecule has 0 unspecified atom stereocenters. The molecule has 0 atom stereocenters. The molecule has 0 bridgehead atoms. The van der Waals surface area contributed by atoms with Crippen molar-refractivity contribution in [2.24, 2.45) is 0 Å². The van der Waals surface area contributed by atoms with E-state index >= 15 is 0 Å². The smallest absolute Gasteiger partial charge is 0.208 e. The molecule has 2 aromatic rings. The molecule has 0 aliphatic heterocycles. The largest absolute Gasteiger partial charge is 0.445 e. The Morgan fingerprint density at radius 2 is 1.94 bits per heavy atom. The average Bonchev–Trinajstić information content (AvgIpc) is 2.54. The molecule has 1 heterocycles. The fourth-order valence-electron chi connectivity index (χ4n) is 2.03. The number of aryl methyl sites for hydroxylation is 1. The Bertz CT molecular complexity index is 579. The van der Waals surface area contributed by atoms with Crippen LogP contribution in [0.2, 0.25) is 0 Å². The molecule has 0 fully saturated rings. The van der Waals surface area contributed by atoms with E-state index in [1.165, 1.54) is 5.56 Å². The fraction of sp³-hybridized carbons (Fsp3) is 0.357. The van der Waals surface area contributed by atoms with Gasteiger partial charge < -0.3 is 4.42 Å². The van der Waals surface area contributed by atoms with E-state index in [-0.39, 0.29) is 5.41 Å². The molecule has 0 aliphatic rings. The molecule has 2 heteroatoms. The molecule has 0 amide bonds. The zero-order valence-corrected chi connectivity index (χ0v) is 10.1. The monoisotopic (exact) mass is 213 g/mol. The van der Waals surface area contributed by atoms with Gasteiger partial charge in [0.25, 0.3) is 0 Å². The van der Waals surface area contributed by atoms with E-state index in [1.54, 1.807) is 0 Å². The van der Waals surface area contributed by atoms with Crippen molar-refractivity contribution in [1.29, 1.82) is 5.26 Å². The van der Waals surface area contributed by atoms with Crippen LogP contribution in [0.4, 0.5) is 0 Å². The predicted molar refractivity (Wildman–Crippen MR) is 64.4 cm³/mol. The van der Waals surface area contributed by atoms with Crippen molar-refractivity contribution in [3.05, 3.63) is 35.1 Å². The summed E-state index contributed by atoms with van der Waals surface area (Å²) in [5.74, 6) is 0.438. The van der Waals surface area contributed by atoms with Crippen LogP contribution in [-0.2, 0) is 5.41 Å². The summed E-state index contributed by atoms with van der Waals surface area (Å²) in [7, 11) is 0. The minimum absolute atomic E-state index is 0.0793. The summed E-state index contributed by atoms with van der Waals surface area (Å²) in [6.07, 6.45) is 0.